The van der Waals surface area contributed by atoms with Gasteiger partial charge in [0.05, 0.1) is 0 Å². The molecule has 4 heteroatoms. The Morgan fingerprint density at radius 1 is 1.80 bits per heavy atom. The highest BCUT2D eigenvalue weighted by atomic mass is 127. The Bertz CT molecular complexity index is 390. The fraction of sp³-hybridized carbons (Fsp3) is 0.545. The quantitative estimate of drug-likeness (QED) is 0.844. The predicted molar refractivity (Wildman–Crippen MR) is 71.3 cm³/mol. The number of amides is 1. The van der Waals surface area contributed by atoms with E-state index in [4.69, 9.17) is 0 Å². The van der Waals surface area contributed by atoms with E-state index >= 15 is 0 Å². The van der Waals surface area contributed by atoms with Crippen molar-refractivity contribution in [3.8, 4) is 0 Å². The van der Waals surface area contributed by atoms with Gasteiger partial charge >= 0.3 is 0 Å². The molecule has 15 heavy (non-hydrogen) atoms. The van der Waals surface area contributed by atoms with E-state index in [1.165, 1.54) is 11.3 Å². The zero-order valence-electron chi connectivity index (χ0n) is 8.84. The van der Waals surface area contributed by atoms with Crippen LogP contribution in [0.1, 0.15) is 36.4 Å². The van der Waals surface area contributed by atoms with Crippen molar-refractivity contribution in [1.82, 2.24) is 5.32 Å². The molecule has 1 saturated carbocycles. The molecule has 82 valence electrons. The van der Waals surface area contributed by atoms with Gasteiger partial charge in [0.15, 0.2) is 0 Å². The van der Waals surface area contributed by atoms with Crippen LogP contribution in [-0.2, 0) is 0 Å². The number of carbonyl (C=O) groups excluding carboxylic acids is 1. The van der Waals surface area contributed by atoms with Gasteiger partial charge in [0.25, 0.3) is 5.91 Å². The van der Waals surface area contributed by atoms with Gasteiger partial charge in [-0.15, -0.1) is 11.3 Å². The number of hydrogen-bond acceptors (Lipinski definition) is 2. The van der Waals surface area contributed by atoms with Crippen LogP contribution in [0.3, 0.4) is 0 Å². The van der Waals surface area contributed by atoms with Crippen LogP contribution in [0, 0.1) is 8.99 Å². The molecule has 1 aromatic rings. The van der Waals surface area contributed by atoms with E-state index < -0.39 is 0 Å². The summed E-state index contributed by atoms with van der Waals surface area (Å²) in [6.07, 6.45) is 2.26. The minimum absolute atomic E-state index is 0.0941. The first kappa shape index (κ1) is 11.4. The molecule has 1 N–H and O–H groups in total. The number of rotatable bonds is 3. The van der Waals surface area contributed by atoms with Gasteiger partial charge in [0, 0.05) is 9.61 Å². The van der Waals surface area contributed by atoms with E-state index in [1.807, 2.05) is 11.4 Å². The first-order valence-electron chi connectivity index (χ1n) is 5.10. The van der Waals surface area contributed by atoms with Crippen LogP contribution in [0.15, 0.2) is 11.4 Å². The molecule has 1 fully saturated rings. The third-order valence-corrected chi connectivity index (χ3v) is 5.47. The Kier molecular flexibility index (Phi) is 3.07. The van der Waals surface area contributed by atoms with Crippen molar-refractivity contribution in [2.24, 2.45) is 5.41 Å². The third kappa shape index (κ3) is 2.20. The van der Waals surface area contributed by atoms with Gasteiger partial charge in [-0.2, -0.15) is 0 Å². The second-order valence-corrected chi connectivity index (χ2v) is 6.41. The van der Waals surface area contributed by atoms with Gasteiger partial charge < -0.3 is 5.32 Å². The molecule has 1 heterocycles. The van der Waals surface area contributed by atoms with Crippen LogP contribution in [0.2, 0.25) is 0 Å². The number of thiophene rings is 1. The summed E-state index contributed by atoms with van der Waals surface area (Å²) in [7, 11) is 0. The molecule has 0 saturated heterocycles. The molecule has 0 aromatic carbocycles. The van der Waals surface area contributed by atoms with Crippen molar-refractivity contribution in [2.45, 2.75) is 32.7 Å². The number of halogens is 1. The summed E-state index contributed by atoms with van der Waals surface area (Å²) >= 11 is 3.72. The molecule has 1 aliphatic rings. The van der Waals surface area contributed by atoms with Gasteiger partial charge in [0.2, 0.25) is 0 Å². The van der Waals surface area contributed by atoms with Crippen LogP contribution in [0.5, 0.6) is 0 Å². The number of nitrogens with one attached hydrogen (secondary N) is 1. The Morgan fingerprint density at radius 2 is 2.53 bits per heavy atom. The van der Waals surface area contributed by atoms with Crippen LogP contribution < -0.4 is 5.32 Å². The lowest BCUT2D eigenvalue weighted by atomic mass is 10.1. The summed E-state index contributed by atoms with van der Waals surface area (Å²) in [6, 6.07) is 2.36. The highest BCUT2D eigenvalue weighted by Gasteiger charge is 2.49. The second kappa shape index (κ2) is 4.05. The number of hydrogen-bond donors (Lipinski definition) is 1. The van der Waals surface area contributed by atoms with Crippen LogP contribution >= 0.6 is 33.9 Å². The van der Waals surface area contributed by atoms with Gasteiger partial charge in [-0.3, -0.25) is 4.79 Å². The molecule has 1 amide bonds. The van der Waals surface area contributed by atoms with Crippen molar-refractivity contribution in [3.63, 3.8) is 0 Å². The van der Waals surface area contributed by atoms with Crippen LogP contribution in [-0.4, -0.2) is 11.9 Å². The zero-order chi connectivity index (χ0) is 11.1. The maximum atomic E-state index is 11.9. The summed E-state index contributed by atoms with van der Waals surface area (Å²) < 4.78 is 1.05. The molecular weight excluding hydrogens is 321 g/mol. The molecule has 0 spiro atoms. The molecule has 2 unspecified atom stereocenters. The average Bonchev–Trinajstić information content (AvgIpc) is 2.65. The molecule has 0 bridgehead atoms. The monoisotopic (exact) mass is 335 g/mol. The Balaban J connectivity index is 1.98. The maximum Gasteiger partial charge on any atom is 0.262 e. The SMILES string of the molecule is CCC1(C)CC1NC(=O)c1sccc1I. The summed E-state index contributed by atoms with van der Waals surface area (Å²) in [4.78, 5) is 12.7. The first-order valence-corrected chi connectivity index (χ1v) is 7.06. The van der Waals surface area contributed by atoms with E-state index in [9.17, 15) is 4.79 Å². The lowest BCUT2D eigenvalue weighted by Crippen LogP contribution is -2.28. The third-order valence-electron chi connectivity index (χ3n) is 3.29. The molecule has 2 rings (SSSR count). The fourth-order valence-electron chi connectivity index (χ4n) is 1.70. The van der Waals surface area contributed by atoms with E-state index in [-0.39, 0.29) is 5.91 Å². The van der Waals surface area contributed by atoms with Crippen molar-refractivity contribution in [3.05, 3.63) is 19.9 Å². The number of carbonyl (C=O) groups is 1. The topological polar surface area (TPSA) is 29.1 Å². The van der Waals surface area contributed by atoms with E-state index in [0.717, 1.165) is 21.3 Å². The Labute approximate surface area is 108 Å². The first-order chi connectivity index (χ1) is 7.07. The van der Waals surface area contributed by atoms with E-state index in [2.05, 4.69) is 41.8 Å². The fourth-order valence-corrected chi connectivity index (χ4v) is 3.44. The van der Waals surface area contributed by atoms with Crippen molar-refractivity contribution in [2.75, 3.05) is 0 Å². The standard InChI is InChI=1S/C11H14INOS/c1-3-11(2)6-8(11)13-10(14)9-7(12)4-5-15-9/h4-5,8H,3,6H2,1-2H3,(H,13,14). The Hall–Kier alpha value is -0.100. The summed E-state index contributed by atoms with van der Waals surface area (Å²) in [6.45, 7) is 4.42. The van der Waals surface area contributed by atoms with Gasteiger partial charge in [-0.1, -0.05) is 13.8 Å². The Morgan fingerprint density at radius 3 is 3.00 bits per heavy atom. The zero-order valence-corrected chi connectivity index (χ0v) is 11.8. The van der Waals surface area contributed by atoms with Crippen LogP contribution in [0.25, 0.3) is 0 Å². The molecule has 0 aliphatic heterocycles. The minimum atomic E-state index is 0.0941. The highest BCUT2D eigenvalue weighted by molar-refractivity contribution is 14.1. The molecule has 2 atom stereocenters. The lowest BCUT2D eigenvalue weighted by Gasteiger charge is -2.08. The molecular formula is C11H14INOS. The van der Waals surface area contributed by atoms with Crippen molar-refractivity contribution in [1.29, 1.82) is 0 Å². The van der Waals surface area contributed by atoms with Crippen molar-refractivity contribution >= 4 is 39.8 Å². The van der Waals surface area contributed by atoms with E-state index in [1.54, 1.807) is 0 Å². The predicted octanol–water partition coefficient (Wildman–Crippen LogP) is 3.27. The smallest absolute Gasteiger partial charge is 0.262 e. The minimum Gasteiger partial charge on any atom is -0.348 e. The maximum absolute atomic E-state index is 11.9. The highest BCUT2D eigenvalue weighted by Crippen LogP contribution is 2.48. The summed E-state index contributed by atoms with van der Waals surface area (Å²) in [5.41, 5.74) is 0.346. The molecule has 0 radical (unpaired) electrons. The summed E-state index contributed by atoms with van der Waals surface area (Å²) in [5.74, 6) is 0.0941. The molecule has 1 aromatic heterocycles. The van der Waals surface area contributed by atoms with Gasteiger partial charge in [0.1, 0.15) is 4.88 Å². The molecule has 1 aliphatic carbocycles. The van der Waals surface area contributed by atoms with E-state index in [0.29, 0.717) is 11.5 Å². The van der Waals surface area contributed by atoms with Gasteiger partial charge in [-0.25, -0.2) is 0 Å². The lowest BCUT2D eigenvalue weighted by molar-refractivity contribution is 0.0948. The van der Waals surface area contributed by atoms with Gasteiger partial charge in [-0.05, 0) is 52.3 Å². The van der Waals surface area contributed by atoms with Crippen molar-refractivity contribution < 1.29 is 4.79 Å². The summed E-state index contributed by atoms with van der Waals surface area (Å²) in [5, 5.41) is 5.07. The van der Waals surface area contributed by atoms with Crippen LogP contribution in [0.4, 0.5) is 0 Å². The molecule has 2 nitrogen and oxygen atoms in total. The largest absolute Gasteiger partial charge is 0.348 e. The average molecular weight is 335 g/mol. The normalized spacial score (nSPS) is 28.9. The second-order valence-electron chi connectivity index (χ2n) is 4.34.